The van der Waals surface area contributed by atoms with E-state index in [0.717, 1.165) is 6.08 Å². The second-order valence-corrected chi connectivity index (χ2v) is 4.50. The molecule has 0 amide bonds. The molecule has 1 aromatic rings. The lowest BCUT2D eigenvalue weighted by Gasteiger charge is -2.25. The molecular formula is C12H12F2N4O. The molecule has 1 aromatic heterocycles. The standard InChI is InChI=1S/C12H12F2N4O/c13-6-2-1-3-8(10(6)14)16-9-5-4-7(15)11-12(9)18-19-17-11/h1-2,4,8-9,16H,3,5,15H2. The topological polar surface area (TPSA) is 77.0 Å². The van der Waals surface area contributed by atoms with E-state index in [-0.39, 0.29) is 6.04 Å². The molecule has 1 heterocycles. The van der Waals surface area contributed by atoms with Crippen molar-refractivity contribution < 1.29 is 13.4 Å². The Kier molecular flexibility index (Phi) is 2.90. The van der Waals surface area contributed by atoms with Crippen molar-refractivity contribution in [2.45, 2.75) is 24.9 Å². The zero-order chi connectivity index (χ0) is 13.4. The van der Waals surface area contributed by atoms with Gasteiger partial charge in [0.05, 0.1) is 17.8 Å². The number of nitrogens with two attached hydrogens (primary N) is 1. The summed E-state index contributed by atoms with van der Waals surface area (Å²) in [6, 6.07) is -0.990. The maximum atomic E-state index is 13.7. The summed E-state index contributed by atoms with van der Waals surface area (Å²) in [6.45, 7) is 0. The fraction of sp³-hybridized carbons (Fsp3) is 0.333. The molecule has 7 heteroatoms. The van der Waals surface area contributed by atoms with Gasteiger partial charge in [0.25, 0.3) is 0 Å². The molecule has 19 heavy (non-hydrogen) atoms. The number of hydrogen-bond acceptors (Lipinski definition) is 5. The van der Waals surface area contributed by atoms with Crippen LogP contribution in [0.25, 0.3) is 5.70 Å². The summed E-state index contributed by atoms with van der Waals surface area (Å²) in [5, 5.41) is 10.5. The fourth-order valence-corrected chi connectivity index (χ4v) is 2.27. The van der Waals surface area contributed by atoms with Gasteiger partial charge < -0.3 is 5.73 Å². The molecule has 100 valence electrons. The average Bonchev–Trinajstić information content (AvgIpc) is 2.88. The summed E-state index contributed by atoms with van der Waals surface area (Å²) in [6.07, 6.45) is 5.40. The zero-order valence-corrected chi connectivity index (χ0v) is 9.94. The minimum atomic E-state index is -0.840. The monoisotopic (exact) mass is 266 g/mol. The molecule has 2 atom stereocenters. The SMILES string of the molecule is NC1=CCC(NC2CC=CC(F)=C2F)c2nonc21. The van der Waals surface area contributed by atoms with Crippen LogP contribution in [-0.2, 0) is 0 Å². The Bertz CT molecular complexity index is 590. The van der Waals surface area contributed by atoms with Crippen molar-refractivity contribution in [2.75, 3.05) is 0 Å². The number of hydrogen-bond donors (Lipinski definition) is 2. The molecule has 0 saturated heterocycles. The van der Waals surface area contributed by atoms with Crippen molar-refractivity contribution in [1.82, 2.24) is 15.6 Å². The summed E-state index contributed by atoms with van der Waals surface area (Å²) in [4.78, 5) is 0. The third kappa shape index (κ3) is 2.06. The normalized spacial score (nSPS) is 26.3. The van der Waals surface area contributed by atoms with Gasteiger partial charge in [-0.2, -0.15) is 0 Å². The summed E-state index contributed by atoms with van der Waals surface area (Å²) in [7, 11) is 0. The van der Waals surface area contributed by atoms with E-state index in [1.807, 2.05) is 0 Å². The number of allylic oxidation sites excluding steroid dienone is 2. The first-order valence-electron chi connectivity index (χ1n) is 5.93. The number of aromatic nitrogens is 2. The highest BCUT2D eigenvalue weighted by atomic mass is 19.2. The van der Waals surface area contributed by atoms with E-state index in [1.54, 1.807) is 12.2 Å². The highest BCUT2D eigenvalue weighted by Gasteiger charge is 2.30. The van der Waals surface area contributed by atoms with E-state index < -0.39 is 17.7 Å². The molecule has 0 aromatic carbocycles. The van der Waals surface area contributed by atoms with Gasteiger partial charge in [0.2, 0.25) is 0 Å². The Morgan fingerprint density at radius 1 is 1.26 bits per heavy atom. The van der Waals surface area contributed by atoms with Crippen LogP contribution in [0.15, 0.2) is 34.5 Å². The molecule has 0 bridgehead atoms. The average molecular weight is 266 g/mol. The van der Waals surface area contributed by atoms with Gasteiger partial charge >= 0.3 is 0 Å². The van der Waals surface area contributed by atoms with Gasteiger partial charge in [-0.15, -0.1) is 0 Å². The van der Waals surface area contributed by atoms with E-state index in [0.29, 0.717) is 29.9 Å². The zero-order valence-electron chi connectivity index (χ0n) is 9.94. The van der Waals surface area contributed by atoms with Gasteiger partial charge in [0.15, 0.2) is 17.3 Å². The van der Waals surface area contributed by atoms with E-state index >= 15 is 0 Å². The maximum absolute atomic E-state index is 13.7. The quantitative estimate of drug-likeness (QED) is 0.854. The van der Waals surface area contributed by atoms with Crippen molar-refractivity contribution in [1.29, 1.82) is 0 Å². The number of fused-ring (bicyclic) bond motifs is 1. The summed E-state index contributed by atoms with van der Waals surface area (Å²) < 4.78 is 31.5. The molecule has 0 aliphatic heterocycles. The van der Waals surface area contributed by atoms with Crippen molar-refractivity contribution in [3.05, 3.63) is 41.3 Å². The third-order valence-corrected chi connectivity index (χ3v) is 3.26. The lowest BCUT2D eigenvalue weighted by molar-refractivity contribution is 0.295. The fourth-order valence-electron chi connectivity index (χ4n) is 2.27. The van der Waals surface area contributed by atoms with E-state index in [2.05, 4.69) is 20.3 Å². The van der Waals surface area contributed by atoms with Crippen LogP contribution in [0.3, 0.4) is 0 Å². The Morgan fingerprint density at radius 2 is 2.11 bits per heavy atom. The highest BCUT2D eigenvalue weighted by Crippen LogP contribution is 2.30. The Morgan fingerprint density at radius 3 is 2.95 bits per heavy atom. The van der Waals surface area contributed by atoms with E-state index in [9.17, 15) is 8.78 Å². The smallest absolute Gasteiger partial charge is 0.155 e. The Hall–Kier alpha value is -2.02. The third-order valence-electron chi connectivity index (χ3n) is 3.26. The first-order chi connectivity index (χ1) is 9.16. The Labute approximate surface area is 107 Å². The number of nitrogens with one attached hydrogen (secondary N) is 1. The molecule has 2 unspecified atom stereocenters. The van der Waals surface area contributed by atoms with E-state index in [4.69, 9.17) is 5.73 Å². The number of halogens is 2. The van der Waals surface area contributed by atoms with Crippen LogP contribution in [0.1, 0.15) is 30.3 Å². The molecule has 3 N–H and O–H groups in total. The molecule has 0 spiro atoms. The summed E-state index contributed by atoms with van der Waals surface area (Å²) in [5.74, 6) is -1.63. The van der Waals surface area contributed by atoms with Gasteiger partial charge in [0, 0.05) is 0 Å². The van der Waals surface area contributed by atoms with Crippen LogP contribution in [0.2, 0.25) is 0 Å². The van der Waals surface area contributed by atoms with Crippen molar-refractivity contribution in [2.24, 2.45) is 5.73 Å². The van der Waals surface area contributed by atoms with E-state index in [1.165, 1.54) is 0 Å². The molecule has 3 rings (SSSR count). The molecule has 2 aliphatic rings. The number of nitrogens with zero attached hydrogens (tertiary/aromatic N) is 2. The van der Waals surface area contributed by atoms with Crippen LogP contribution in [0.5, 0.6) is 0 Å². The second kappa shape index (κ2) is 4.58. The number of rotatable bonds is 2. The summed E-state index contributed by atoms with van der Waals surface area (Å²) in [5.41, 5.74) is 7.23. The van der Waals surface area contributed by atoms with Gasteiger partial charge in [-0.05, 0) is 24.1 Å². The van der Waals surface area contributed by atoms with Crippen LogP contribution < -0.4 is 11.1 Å². The maximum Gasteiger partial charge on any atom is 0.155 e. The molecule has 0 radical (unpaired) electrons. The lowest BCUT2D eigenvalue weighted by atomic mass is 9.97. The predicted octanol–water partition coefficient (Wildman–Crippen LogP) is 1.88. The largest absolute Gasteiger partial charge is 0.397 e. The second-order valence-electron chi connectivity index (χ2n) is 4.50. The van der Waals surface area contributed by atoms with Gasteiger partial charge in [0.1, 0.15) is 5.69 Å². The first kappa shape index (κ1) is 12.0. The van der Waals surface area contributed by atoms with Gasteiger partial charge in [-0.25, -0.2) is 13.4 Å². The molecule has 2 aliphatic carbocycles. The summed E-state index contributed by atoms with van der Waals surface area (Å²) >= 11 is 0. The van der Waals surface area contributed by atoms with Crippen LogP contribution in [0, 0.1) is 0 Å². The minimum absolute atomic E-state index is 0.288. The molecule has 0 fully saturated rings. The first-order valence-corrected chi connectivity index (χ1v) is 5.93. The van der Waals surface area contributed by atoms with Crippen LogP contribution in [-0.4, -0.2) is 16.4 Å². The Balaban J connectivity index is 1.81. The van der Waals surface area contributed by atoms with Crippen LogP contribution >= 0.6 is 0 Å². The van der Waals surface area contributed by atoms with Gasteiger partial charge in [-0.1, -0.05) is 17.3 Å². The highest BCUT2D eigenvalue weighted by molar-refractivity contribution is 5.63. The van der Waals surface area contributed by atoms with Crippen molar-refractivity contribution in [3.63, 3.8) is 0 Å². The molecule has 5 nitrogen and oxygen atoms in total. The van der Waals surface area contributed by atoms with Crippen molar-refractivity contribution >= 4 is 5.70 Å². The lowest BCUT2D eigenvalue weighted by Crippen LogP contribution is -2.35. The van der Waals surface area contributed by atoms with Crippen molar-refractivity contribution in [3.8, 4) is 0 Å². The predicted molar refractivity (Wildman–Crippen MR) is 63.7 cm³/mol. The minimum Gasteiger partial charge on any atom is -0.397 e. The molecular weight excluding hydrogens is 254 g/mol. The van der Waals surface area contributed by atoms with Gasteiger partial charge in [-0.3, -0.25) is 5.32 Å². The molecule has 0 saturated carbocycles. The van der Waals surface area contributed by atoms with Crippen LogP contribution in [0.4, 0.5) is 8.78 Å².